The van der Waals surface area contributed by atoms with E-state index in [0.29, 0.717) is 5.22 Å². The predicted molar refractivity (Wildman–Crippen MR) is 90.1 cm³/mol. The first kappa shape index (κ1) is 14.2. The number of aryl methyl sites for hydroxylation is 1. The Morgan fingerprint density at radius 2 is 1.71 bits per heavy atom. The number of fused-ring (bicyclic) bond motifs is 1. The van der Waals surface area contributed by atoms with Crippen molar-refractivity contribution in [1.29, 1.82) is 0 Å². The Morgan fingerprint density at radius 1 is 0.952 bits per heavy atom. The van der Waals surface area contributed by atoms with Gasteiger partial charge in [-0.1, -0.05) is 56.7 Å². The molecule has 0 aliphatic rings. The molecule has 3 aromatic rings. The Morgan fingerprint density at radius 3 is 2.43 bits per heavy atom. The molecule has 0 bridgehead atoms. The van der Waals surface area contributed by atoms with Gasteiger partial charge in [0.15, 0.2) is 0 Å². The lowest BCUT2D eigenvalue weighted by molar-refractivity contribution is 0.583. The maximum Gasteiger partial charge on any atom is 0.201 e. The summed E-state index contributed by atoms with van der Waals surface area (Å²) >= 11 is 6.26. The van der Waals surface area contributed by atoms with Crippen LogP contribution in [0.4, 0.5) is 0 Å². The Balaban J connectivity index is 2.22. The van der Waals surface area contributed by atoms with E-state index in [2.05, 4.69) is 70.2 Å². The molecule has 21 heavy (non-hydrogen) atoms. The minimum Gasteiger partial charge on any atom is -0.443 e. The molecule has 0 spiro atoms. The molecule has 0 saturated heterocycles. The number of halogens is 1. The lowest BCUT2D eigenvalue weighted by Gasteiger charge is -2.19. The van der Waals surface area contributed by atoms with Gasteiger partial charge < -0.3 is 4.42 Å². The predicted octanol–water partition coefficient (Wildman–Crippen LogP) is 6.36. The van der Waals surface area contributed by atoms with Crippen LogP contribution in [0, 0.1) is 6.92 Å². The van der Waals surface area contributed by atoms with Gasteiger partial charge in [-0.05, 0) is 41.6 Å². The molecule has 1 nitrogen and oxygen atoms in total. The fourth-order valence-electron chi connectivity index (χ4n) is 2.56. The maximum atomic E-state index is 6.26. The summed E-state index contributed by atoms with van der Waals surface area (Å²) in [5.41, 5.74) is 3.65. The number of rotatable bonds is 1. The molecule has 0 atom stereocenters. The SMILES string of the molecule is Cc1ccc2c(-c3cccc(C(C)(C)C)c3)oc(Cl)c2c1. The average molecular weight is 299 g/mol. The monoisotopic (exact) mass is 298 g/mol. The van der Waals surface area contributed by atoms with Crippen LogP contribution in [-0.2, 0) is 5.41 Å². The van der Waals surface area contributed by atoms with Gasteiger partial charge in [-0.3, -0.25) is 0 Å². The summed E-state index contributed by atoms with van der Waals surface area (Å²) in [5, 5.41) is 2.51. The van der Waals surface area contributed by atoms with Crippen molar-refractivity contribution < 1.29 is 4.42 Å². The highest BCUT2D eigenvalue weighted by molar-refractivity contribution is 6.34. The minimum absolute atomic E-state index is 0.110. The normalized spacial score (nSPS) is 12.0. The van der Waals surface area contributed by atoms with Crippen molar-refractivity contribution in [3.05, 3.63) is 58.8 Å². The van der Waals surface area contributed by atoms with Crippen molar-refractivity contribution in [3.8, 4) is 11.3 Å². The summed E-state index contributed by atoms with van der Waals surface area (Å²) in [4.78, 5) is 0. The van der Waals surface area contributed by atoms with Gasteiger partial charge >= 0.3 is 0 Å². The summed E-state index contributed by atoms with van der Waals surface area (Å²) in [6.45, 7) is 8.69. The molecule has 0 saturated carbocycles. The van der Waals surface area contributed by atoms with Crippen molar-refractivity contribution in [2.45, 2.75) is 33.1 Å². The fraction of sp³-hybridized carbons (Fsp3) is 0.263. The third-order valence-electron chi connectivity index (χ3n) is 3.81. The Bertz CT molecular complexity index is 806. The molecule has 1 aromatic heterocycles. The molecule has 1 heterocycles. The molecule has 0 aliphatic carbocycles. The first-order valence-corrected chi connectivity index (χ1v) is 7.53. The van der Waals surface area contributed by atoms with Gasteiger partial charge in [-0.15, -0.1) is 0 Å². The van der Waals surface area contributed by atoms with Crippen LogP contribution < -0.4 is 0 Å². The van der Waals surface area contributed by atoms with Crippen LogP contribution in [0.3, 0.4) is 0 Å². The highest BCUT2D eigenvalue weighted by Gasteiger charge is 2.17. The molecule has 3 rings (SSSR count). The summed E-state index contributed by atoms with van der Waals surface area (Å²) in [5.74, 6) is 0.848. The molecule has 0 unspecified atom stereocenters. The van der Waals surface area contributed by atoms with Crippen LogP contribution in [0.15, 0.2) is 46.9 Å². The van der Waals surface area contributed by atoms with E-state index < -0.39 is 0 Å². The Hall–Kier alpha value is -1.73. The average Bonchev–Trinajstić information content (AvgIpc) is 2.75. The maximum absolute atomic E-state index is 6.26. The zero-order chi connectivity index (χ0) is 15.2. The van der Waals surface area contributed by atoms with Gasteiger partial charge in [-0.25, -0.2) is 0 Å². The van der Waals surface area contributed by atoms with E-state index in [-0.39, 0.29) is 5.41 Å². The molecule has 108 valence electrons. The first-order valence-electron chi connectivity index (χ1n) is 7.16. The Kier molecular flexibility index (Phi) is 3.33. The molecule has 0 N–H and O–H groups in total. The molecule has 0 fully saturated rings. The first-order chi connectivity index (χ1) is 9.86. The van der Waals surface area contributed by atoms with Crippen LogP contribution in [0.25, 0.3) is 22.1 Å². The molecule has 2 aromatic carbocycles. The van der Waals surface area contributed by atoms with Gasteiger partial charge in [0.2, 0.25) is 5.22 Å². The van der Waals surface area contributed by atoms with E-state index in [4.69, 9.17) is 16.0 Å². The van der Waals surface area contributed by atoms with E-state index >= 15 is 0 Å². The third kappa shape index (κ3) is 2.58. The zero-order valence-corrected chi connectivity index (χ0v) is 13.6. The molecular formula is C19H19ClO. The van der Waals surface area contributed by atoms with Crippen LogP contribution in [-0.4, -0.2) is 0 Å². The van der Waals surface area contributed by atoms with E-state index in [1.807, 2.05) is 0 Å². The second-order valence-electron chi connectivity index (χ2n) is 6.58. The quantitative estimate of drug-likeness (QED) is 0.509. The van der Waals surface area contributed by atoms with Gasteiger partial charge in [0.1, 0.15) is 5.76 Å². The van der Waals surface area contributed by atoms with Gasteiger partial charge in [0.05, 0.1) is 0 Å². The third-order valence-corrected chi connectivity index (χ3v) is 4.09. The number of hydrogen-bond acceptors (Lipinski definition) is 1. The summed E-state index contributed by atoms with van der Waals surface area (Å²) in [7, 11) is 0. The molecule has 0 radical (unpaired) electrons. The minimum atomic E-state index is 0.110. The van der Waals surface area contributed by atoms with Crippen molar-refractivity contribution in [2.24, 2.45) is 0 Å². The van der Waals surface area contributed by atoms with Crippen molar-refractivity contribution in [2.75, 3.05) is 0 Å². The zero-order valence-electron chi connectivity index (χ0n) is 12.8. The summed E-state index contributed by atoms with van der Waals surface area (Å²) in [6.07, 6.45) is 0. The van der Waals surface area contributed by atoms with E-state index in [1.165, 1.54) is 11.1 Å². The smallest absolute Gasteiger partial charge is 0.201 e. The summed E-state index contributed by atoms with van der Waals surface area (Å²) < 4.78 is 5.84. The Labute approximate surface area is 130 Å². The lowest BCUT2D eigenvalue weighted by atomic mass is 9.86. The molecule has 2 heteroatoms. The highest BCUT2D eigenvalue weighted by atomic mass is 35.5. The van der Waals surface area contributed by atoms with Crippen molar-refractivity contribution in [1.82, 2.24) is 0 Å². The second-order valence-corrected chi connectivity index (χ2v) is 6.93. The second kappa shape index (κ2) is 4.92. The van der Waals surface area contributed by atoms with Crippen LogP contribution in [0.2, 0.25) is 5.22 Å². The van der Waals surface area contributed by atoms with Gasteiger partial charge in [-0.2, -0.15) is 0 Å². The summed E-state index contributed by atoms with van der Waals surface area (Å²) in [6, 6.07) is 14.7. The van der Waals surface area contributed by atoms with Crippen LogP contribution in [0.5, 0.6) is 0 Å². The van der Waals surface area contributed by atoms with Gasteiger partial charge in [0, 0.05) is 16.3 Å². The topological polar surface area (TPSA) is 13.1 Å². The van der Waals surface area contributed by atoms with Crippen LogP contribution in [0.1, 0.15) is 31.9 Å². The van der Waals surface area contributed by atoms with E-state index in [9.17, 15) is 0 Å². The molecular weight excluding hydrogens is 280 g/mol. The highest BCUT2D eigenvalue weighted by Crippen LogP contribution is 2.38. The van der Waals surface area contributed by atoms with Crippen molar-refractivity contribution in [3.63, 3.8) is 0 Å². The molecule has 0 amide bonds. The standard InChI is InChI=1S/C19H19ClO/c1-12-8-9-15-16(10-12)18(20)21-17(15)13-6-5-7-14(11-13)19(2,3)4/h5-11H,1-4H3. The van der Waals surface area contributed by atoms with Crippen LogP contribution >= 0.6 is 11.6 Å². The number of hydrogen-bond donors (Lipinski definition) is 0. The van der Waals surface area contributed by atoms with E-state index in [0.717, 1.165) is 22.1 Å². The molecule has 0 aliphatic heterocycles. The lowest BCUT2D eigenvalue weighted by Crippen LogP contribution is -2.10. The number of furan rings is 1. The van der Waals surface area contributed by atoms with E-state index in [1.54, 1.807) is 0 Å². The largest absolute Gasteiger partial charge is 0.443 e. The number of benzene rings is 2. The van der Waals surface area contributed by atoms with Crippen molar-refractivity contribution >= 4 is 22.4 Å². The van der Waals surface area contributed by atoms with Gasteiger partial charge in [0.25, 0.3) is 0 Å². The fourth-order valence-corrected chi connectivity index (χ4v) is 2.79.